The number of anilines is 1. The zero-order chi connectivity index (χ0) is 12.8. The van der Waals surface area contributed by atoms with E-state index in [-0.39, 0.29) is 0 Å². The smallest absolute Gasteiger partial charge is 0.243 e. The Labute approximate surface area is 109 Å². The van der Waals surface area contributed by atoms with Crippen molar-refractivity contribution in [2.45, 2.75) is 17.7 Å². The molecule has 0 radical (unpaired) electrons. The Bertz CT molecular complexity index is 687. The van der Waals surface area contributed by atoms with Gasteiger partial charge in [-0.05, 0) is 31.0 Å². The number of nitrogens with two attached hydrogens (primary N) is 1. The van der Waals surface area contributed by atoms with E-state index in [1.165, 1.54) is 15.6 Å². The predicted molar refractivity (Wildman–Crippen MR) is 72.0 cm³/mol. The highest BCUT2D eigenvalue weighted by atomic mass is 32.2. The summed E-state index contributed by atoms with van der Waals surface area (Å²) < 4.78 is 27.2. The van der Waals surface area contributed by atoms with Crippen LogP contribution in [-0.4, -0.2) is 30.8 Å². The molecule has 96 valence electrons. The van der Waals surface area contributed by atoms with E-state index in [1.54, 1.807) is 18.2 Å². The maximum absolute atomic E-state index is 12.4. The number of benzene rings is 1. The Morgan fingerprint density at radius 3 is 2.72 bits per heavy atom. The Morgan fingerprint density at radius 2 is 2.00 bits per heavy atom. The van der Waals surface area contributed by atoms with Gasteiger partial charge in [0.2, 0.25) is 10.0 Å². The highest BCUT2D eigenvalue weighted by molar-refractivity contribution is 7.89. The van der Waals surface area contributed by atoms with Crippen molar-refractivity contribution in [3.63, 3.8) is 0 Å². The lowest BCUT2D eigenvalue weighted by molar-refractivity contribution is 0.477. The highest BCUT2D eigenvalue weighted by Gasteiger charge is 2.27. The third-order valence-corrected chi connectivity index (χ3v) is 5.84. The molecule has 1 aliphatic rings. The zero-order valence-electron chi connectivity index (χ0n) is 9.67. The minimum atomic E-state index is -3.36. The fourth-order valence-electron chi connectivity index (χ4n) is 2.16. The van der Waals surface area contributed by atoms with E-state index in [0.717, 1.165) is 17.5 Å². The molecule has 1 aromatic carbocycles. The van der Waals surface area contributed by atoms with E-state index < -0.39 is 10.0 Å². The number of nitrogen functional groups attached to an aromatic ring is 1. The summed E-state index contributed by atoms with van der Waals surface area (Å²) in [5, 5.41) is 0.459. The van der Waals surface area contributed by atoms with E-state index >= 15 is 0 Å². The van der Waals surface area contributed by atoms with Gasteiger partial charge >= 0.3 is 0 Å². The van der Waals surface area contributed by atoms with Gasteiger partial charge in [-0.2, -0.15) is 4.31 Å². The normalized spacial score (nSPS) is 17.6. The van der Waals surface area contributed by atoms with Gasteiger partial charge in [0.15, 0.2) is 5.13 Å². The monoisotopic (exact) mass is 283 g/mol. The maximum atomic E-state index is 12.4. The van der Waals surface area contributed by atoms with Gasteiger partial charge in [0, 0.05) is 13.1 Å². The van der Waals surface area contributed by atoms with Gasteiger partial charge < -0.3 is 5.73 Å². The van der Waals surface area contributed by atoms with Crippen LogP contribution in [0, 0.1) is 0 Å². The summed E-state index contributed by atoms with van der Waals surface area (Å²) >= 11 is 1.36. The first-order valence-electron chi connectivity index (χ1n) is 5.73. The van der Waals surface area contributed by atoms with Crippen molar-refractivity contribution in [3.8, 4) is 0 Å². The first-order valence-corrected chi connectivity index (χ1v) is 7.99. The van der Waals surface area contributed by atoms with E-state index in [2.05, 4.69) is 4.98 Å². The largest absolute Gasteiger partial charge is 0.375 e. The second-order valence-electron chi connectivity index (χ2n) is 4.29. The molecule has 5 nitrogen and oxygen atoms in total. The van der Waals surface area contributed by atoms with Gasteiger partial charge in [-0.15, -0.1) is 0 Å². The van der Waals surface area contributed by atoms with Crippen molar-refractivity contribution in [1.82, 2.24) is 9.29 Å². The molecule has 0 saturated carbocycles. The lowest BCUT2D eigenvalue weighted by atomic mass is 10.3. The van der Waals surface area contributed by atoms with Gasteiger partial charge in [0.05, 0.1) is 15.1 Å². The molecule has 0 amide bonds. The molecule has 18 heavy (non-hydrogen) atoms. The quantitative estimate of drug-likeness (QED) is 0.909. The second kappa shape index (κ2) is 4.18. The molecule has 0 bridgehead atoms. The molecule has 7 heteroatoms. The molecular formula is C11H13N3O2S2. The zero-order valence-corrected chi connectivity index (χ0v) is 11.3. The number of hydrogen-bond acceptors (Lipinski definition) is 5. The molecule has 1 aromatic heterocycles. The Kier molecular flexibility index (Phi) is 2.76. The topological polar surface area (TPSA) is 76.3 Å². The number of aromatic nitrogens is 1. The summed E-state index contributed by atoms with van der Waals surface area (Å²) in [6, 6.07) is 5.01. The number of nitrogens with zero attached hydrogens (tertiary/aromatic N) is 2. The molecule has 0 spiro atoms. The average Bonchev–Trinajstić information content (AvgIpc) is 2.95. The van der Waals surface area contributed by atoms with Crippen molar-refractivity contribution in [1.29, 1.82) is 0 Å². The molecule has 3 rings (SSSR count). The summed E-state index contributed by atoms with van der Waals surface area (Å²) in [7, 11) is -3.36. The van der Waals surface area contributed by atoms with E-state index in [1.807, 2.05) is 0 Å². The van der Waals surface area contributed by atoms with E-state index in [9.17, 15) is 8.42 Å². The number of hydrogen-bond donors (Lipinski definition) is 1. The first-order chi connectivity index (χ1) is 8.57. The standard InChI is InChI=1S/C11H13N3O2S2/c12-11-13-9-7-8(3-4-10(9)17-11)18(15,16)14-5-1-2-6-14/h3-4,7H,1-2,5-6H2,(H2,12,13). The summed E-state index contributed by atoms with van der Waals surface area (Å²) in [5.74, 6) is 0. The van der Waals surface area contributed by atoms with Crippen LogP contribution in [0.1, 0.15) is 12.8 Å². The number of thiazole rings is 1. The molecule has 1 saturated heterocycles. The summed E-state index contributed by atoms with van der Waals surface area (Å²) in [6.45, 7) is 1.22. The summed E-state index contributed by atoms with van der Waals surface area (Å²) in [5.41, 5.74) is 6.27. The van der Waals surface area contributed by atoms with Crippen LogP contribution in [0.2, 0.25) is 0 Å². The molecule has 0 unspecified atom stereocenters. The van der Waals surface area contributed by atoms with Crippen LogP contribution in [-0.2, 0) is 10.0 Å². The van der Waals surface area contributed by atoms with Crippen molar-refractivity contribution in [3.05, 3.63) is 18.2 Å². The molecule has 2 N–H and O–H groups in total. The van der Waals surface area contributed by atoms with Crippen LogP contribution < -0.4 is 5.73 Å². The van der Waals surface area contributed by atoms with Crippen LogP contribution in [0.3, 0.4) is 0 Å². The molecule has 2 heterocycles. The van der Waals surface area contributed by atoms with Crippen LogP contribution in [0.5, 0.6) is 0 Å². The van der Waals surface area contributed by atoms with Crippen molar-refractivity contribution in [2.75, 3.05) is 18.8 Å². The van der Waals surface area contributed by atoms with Gasteiger partial charge in [-0.3, -0.25) is 0 Å². The Morgan fingerprint density at radius 1 is 1.28 bits per heavy atom. The van der Waals surface area contributed by atoms with Crippen LogP contribution in [0.25, 0.3) is 10.2 Å². The third-order valence-electron chi connectivity index (χ3n) is 3.08. The molecular weight excluding hydrogens is 270 g/mol. The fourth-order valence-corrected chi connectivity index (χ4v) is 4.42. The lowest BCUT2D eigenvalue weighted by Gasteiger charge is -2.15. The fraction of sp³-hybridized carbons (Fsp3) is 0.364. The SMILES string of the molecule is Nc1nc2cc(S(=O)(=O)N3CCCC3)ccc2s1. The molecule has 0 aliphatic carbocycles. The molecule has 2 aromatic rings. The maximum Gasteiger partial charge on any atom is 0.243 e. The number of sulfonamides is 1. The van der Waals surface area contributed by atoms with Crippen molar-refractivity contribution >= 4 is 36.7 Å². The van der Waals surface area contributed by atoms with E-state index in [0.29, 0.717) is 28.6 Å². The highest BCUT2D eigenvalue weighted by Crippen LogP contribution is 2.28. The Hall–Kier alpha value is -1.18. The minimum absolute atomic E-state index is 0.308. The molecule has 1 fully saturated rings. The summed E-state index contributed by atoms with van der Waals surface area (Å²) in [4.78, 5) is 4.43. The third kappa shape index (κ3) is 1.88. The van der Waals surface area contributed by atoms with Crippen molar-refractivity contribution in [2.24, 2.45) is 0 Å². The number of rotatable bonds is 2. The predicted octanol–water partition coefficient (Wildman–Crippen LogP) is 1.66. The lowest BCUT2D eigenvalue weighted by Crippen LogP contribution is -2.27. The summed E-state index contributed by atoms with van der Waals surface area (Å²) in [6.07, 6.45) is 1.87. The average molecular weight is 283 g/mol. The Balaban J connectivity index is 2.07. The first kappa shape index (κ1) is 11.9. The van der Waals surface area contributed by atoms with Gasteiger partial charge in [-0.25, -0.2) is 13.4 Å². The van der Waals surface area contributed by atoms with Gasteiger partial charge in [0.25, 0.3) is 0 Å². The second-order valence-corrected chi connectivity index (χ2v) is 7.29. The van der Waals surface area contributed by atoms with E-state index in [4.69, 9.17) is 5.73 Å². The van der Waals surface area contributed by atoms with Crippen LogP contribution >= 0.6 is 11.3 Å². The number of fused-ring (bicyclic) bond motifs is 1. The van der Waals surface area contributed by atoms with Gasteiger partial charge in [0.1, 0.15) is 0 Å². The molecule has 1 aliphatic heterocycles. The minimum Gasteiger partial charge on any atom is -0.375 e. The van der Waals surface area contributed by atoms with Crippen LogP contribution in [0.4, 0.5) is 5.13 Å². The van der Waals surface area contributed by atoms with Crippen molar-refractivity contribution < 1.29 is 8.42 Å². The van der Waals surface area contributed by atoms with Crippen LogP contribution in [0.15, 0.2) is 23.1 Å². The molecule has 0 atom stereocenters. The van der Waals surface area contributed by atoms with Gasteiger partial charge in [-0.1, -0.05) is 11.3 Å².